The topological polar surface area (TPSA) is 90.3 Å². The number of amides is 1. The zero-order chi connectivity index (χ0) is 18.6. The molecule has 1 N–H and O–H groups in total. The Morgan fingerprint density at radius 1 is 1.36 bits per heavy atom. The molecule has 7 nitrogen and oxygen atoms in total. The summed E-state index contributed by atoms with van der Waals surface area (Å²) in [5.74, 6) is -0.754. The highest BCUT2D eigenvalue weighted by atomic mass is 79.9. The summed E-state index contributed by atoms with van der Waals surface area (Å²) in [6.45, 7) is 3.66. The second kappa shape index (κ2) is 8.24. The van der Waals surface area contributed by atoms with Crippen molar-refractivity contribution >= 4 is 38.7 Å². The van der Waals surface area contributed by atoms with Crippen LogP contribution in [0.5, 0.6) is 0 Å². The van der Waals surface area contributed by atoms with Gasteiger partial charge in [-0.15, -0.1) is 0 Å². The van der Waals surface area contributed by atoms with Gasteiger partial charge in [0, 0.05) is 4.47 Å². The fraction of sp³-hybridized carbons (Fsp3) is 0.412. The fourth-order valence-electron chi connectivity index (χ4n) is 2.47. The van der Waals surface area contributed by atoms with Crippen molar-refractivity contribution in [1.82, 2.24) is 14.9 Å². The molecule has 1 heterocycles. The van der Waals surface area contributed by atoms with Gasteiger partial charge in [-0.25, -0.2) is 9.78 Å². The van der Waals surface area contributed by atoms with Gasteiger partial charge in [0.25, 0.3) is 5.56 Å². The molecule has 0 bridgehead atoms. The van der Waals surface area contributed by atoms with Crippen LogP contribution in [0, 0.1) is 5.92 Å². The third kappa shape index (κ3) is 4.88. The van der Waals surface area contributed by atoms with Crippen molar-refractivity contribution in [3.05, 3.63) is 39.4 Å². The normalized spacial score (nSPS) is 12.2. The number of methoxy groups -OCH3 is 1. The molecular weight excluding hydrogens is 390 g/mol. The van der Waals surface area contributed by atoms with E-state index in [0.29, 0.717) is 17.3 Å². The van der Waals surface area contributed by atoms with Gasteiger partial charge >= 0.3 is 5.97 Å². The molecule has 25 heavy (non-hydrogen) atoms. The Bertz CT molecular complexity index is 847. The molecule has 0 saturated carbocycles. The van der Waals surface area contributed by atoms with Gasteiger partial charge in [-0.1, -0.05) is 29.8 Å². The lowest BCUT2D eigenvalue weighted by molar-refractivity contribution is -0.145. The summed E-state index contributed by atoms with van der Waals surface area (Å²) < 4.78 is 6.69. The number of ether oxygens (including phenoxy) is 1. The molecule has 0 aliphatic carbocycles. The summed E-state index contributed by atoms with van der Waals surface area (Å²) in [7, 11) is 1.28. The molecular formula is C17H20BrN3O4. The third-order valence-electron chi connectivity index (χ3n) is 3.63. The third-order valence-corrected chi connectivity index (χ3v) is 4.12. The van der Waals surface area contributed by atoms with E-state index in [0.717, 1.165) is 4.47 Å². The Morgan fingerprint density at radius 2 is 2.08 bits per heavy atom. The lowest BCUT2D eigenvalue weighted by atomic mass is 10.0. The summed E-state index contributed by atoms with van der Waals surface area (Å²) in [5, 5.41) is 3.04. The molecule has 0 radical (unpaired) electrons. The van der Waals surface area contributed by atoms with Crippen molar-refractivity contribution in [2.24, 2.45) is 5.92 Å². The first kappa shape index (κ1) is 19.1. The van der Waals surface area contributed by atoms with Crippen LogP contribution in [0.1, 0.15) is 20.3 Å². The predicted octanol–water partition coefficient (Wildman–Crippen LogP) is 1.86. The maximum absolute atomic E-state index is 12.5. The minimum atomic E-state index is -0.740. The van der Waals surface area contributed by atoms with Gasteiger partial charge in [-0.05, 0) is 30.5 Å². The minimum absolute atomic E-state index is 0.201. The zero-order valence-electron chi connectivity index (χ0n) is 14.3. The van der Waals surface area contributed by atoms with E-state index < -0.39 is 17.9 Å². The van der Waals surface area contributed by atoms with Crippen LogP contribution in [0.25, 0.3) is 10.9 Å². The molecule has 0 spiro atoms. The van der Waals surface area contributed by atoms with E-state index in [1.807, 2.05) is 13.8 Å². The molecule has 0 unspecified atom stereocenters. The van der Waals surface area contributed by atoms with Crippen molar-refractivity contribution < 1.29 is 14.3 Å². The molecule has 0 saturated heterocycles. The Morgan fingerprint density at radius 3 is 2.72 bits per heavy atom. The number of fused-ring (bicyclic) bond motifs is 1. The lowest BCUT2D eigenvalue weighted by Crippen LogP contribution is -2.44. The second-order valence-corrected chi connectivity index (χ2v) is 7.03. The smallest absolute Gasteiger partial charge is 0.328 e. The number of esters is 1. The molecule has 8 heteroatoms. The number of aromatic nitrogens is 2. The van der Waals surface area contributed by atoms with Gasteiger partial charge in [0.15, 0.2) is 0 Å². The molecule has 0 aliphatic rings. The maximum atomic E-state index is 12.5. The molecule has 2 rings (SSSR count). The number of nitrogens with one attached hydrogen (secondary N) is 1. The van der Waals surface area contributed by atoms with Crippen LogP contribution in [0.15, 0.2) is 33.8 Å². The maximum Gasteiger partial charge on any atom is 0.328 e. The van der Waals surface area contributed by atoms with Crippen molar-refractivity contribution in [1.29, 1.82) is 0 Å². The van der Waals surface area contributed by atoms with Crippen molar-refractivity contribution in [3.63, 3.8) is 0 Å². The number of carbonyl (C=O) groups excluding carboxylic acids is 2. The van der Waals surface area contributed by atoms with E-state index in [1.54, 1.807) is 18.2 Å². The Hall–Kier alpha value is -2.22. The van der Waals surface area contributed by atoms with E-state index in [9.17, 15) is 14.4 Å². The number of carbonyl (C=O) groups is 2. The predicted molar refractivity (Wildman–Crippen MR) is 97.1 cm³/mol. The van der Waals surface area contributed by atoms with Crippen LogP contribution in [-0.2, 0) is 20.9 Å². The number of nitrogens with zero attached hydrogens (tertiary/aromatic N) is 2. The van der Waals surface area contributed by atoms with Crippen molar-refractivity contribution in [3.8, 4) is 0 Å². The molecule has 1 amide bonds. The van der Waals surface area contributed by atoms with E-state index in [4.69, 9.17) is 4.74 Å². The standard InChI is InChI=1S/C17H20BrN3O4/c1-10(2)6-14(17(24)25-3)20-15(22)8-21-9-19-13-5-4-11(18)7-12(13)16(21)23/h4-5,7,9-10,14H,6,8H2,1-3H3,(H,20,22)/t14-/m1/s1. The van der Waals surface area contributed by atoms with E-state index in [-0.39, 0.29) is 18.0 Å². The number of rotatable bonds is 6. The van der Waals surface area contributed by atoms with Crippen LogP contribution in [0.2, 0.25) is 0 Å². The Balaban J connectivity index is 2.19. The van der Waals surface area contributed by atoms with Gasteiger partial charge in [-0.2, -0.15) is 0 Å². The SMILES string of the molecule is COC(=O)[C@@H](CC(C)C)NC(=O)Cn1cnc2ccc(Br)cc2c1=O. The Labute approximate surface area is 153 Å². The number of hydrogen-bond donors (Lipinski definition) is 1. The lowest BCUT2D eigenvalue weighted by Gasteiger charge is -2.18. The highest BCUT2D eigenvalue weighted by Gasteiger charge is 2.22. The molecule has 2 aromatic rings. The summed E-state index contributed by atoms with van der Waals surface area (Å²) in [5.41, 5.74) is 0.233. The molecule has 1 atom stereocenters. The molecule has 0 fully saturated rings. The van der Waals surface area contributed by atoms with Crippen LogP contribution in [-0.4, -0.2) is 34.6 Å². The van der Waals surface area contributed by atoms with Gasteiger partial charge in [0.05, 0.1) is 24.3 Å². The first-order valence-electron chi connectivity index (χ1n) is 7.83. The van der Waals surface area contributed by atoms with Crippen LogP contribution >= 0.6 is 15.9 Å². The summed E-state index contributed by atoms with van der Waals surface area (Å²) >= 11 is 3.31. The summed E-state index contributed by atoms with van der Waals surface area (Å²) in [6.07, 6.45) is 1.78. The molecule has 1 aromatic carbocycles. The van der Waals surface area contributed by atoms with Crippen molar-refractivity contribution in [2.45, 2.75) is 32.9 Å². The van der Waals surface area contributed by atoms with Gasteiger partial charge in [-0.3, -0.25) is 14.2 Å². The van der Waals surface area contributed by atoms with E-state index in [2.05, 4.69) is 26.2 Å². The first-order valence-corrected chi connectivity index (χ1v) is 8.63. The summed E-state index contributed by atoms with van der Waals surface area (Å²) in [4.78, 5) is 40.7. The second-order valence-electron chi connectivity index (χ2n) is 6.11. The summed E-state index contributed by atoms with van der Waals surface area (Å²) in [6, 6.07) is 4.44. The average molecular weight is 410 g/mol. The van der Waals surface area contributed by atoms with Gasteiger partial charge < -0.3 is 10.1 Å². The quantitative estimate of drug-likeness (QED) is 0.735. The number of halogens is 1. The van der Waals surface area contributed by atoms with E-state index in [1.165, 1.54) is 18.0 Å². The van der Waals surface area contributed by atoms with Gasteiger partial charge in [0.1, 0.15) is 12.6 Å². The van der Waals surface area contributed by atoms with Gasteiger partial charge in [0.2, 0.25) is 5.91 Å². The van der Waals surface area contributed by atoms with Crippen molar-refractivity contribution in [2.75, 3.05) is 7.11 Å². The minimum Gasteiger partial charge on any atom is -0.467 e. The Kier molecular flexibility index (Phi) is 6.30. The zero-order valence-corrected chi connectivity index (χ0v) is 15.9. The largest absolute Gasteiger partial charge is 0.467 e. The van der Waals surface area contributed by atoms with Crippen LogP contribution in [0.3, 0.4) is 0 Å². The number of benzene rings is 1. The molecule has 0 aliphatic heterocycles. The fourth-order valence-corrected chi connectivity index (χ4v) is 2.83. The highest BCUT2D eigenvalue weighted by molar-refractivity contribution is 9.10. The molecule has 1 aromatic heterocycles. The monoisotopic (exact) mass is 409 g/mol. The molecule has 134 valence electrons. The first-order chi connectivity index (χ1) is 11.8. The van der Waals surface area contributed by atoms with Crippen LogP contribution in [0.4, 0.5) is 0 Å². The van der Waals surface area contributed by atoms with Crippen LogP contribution < -0.4 is 10.9 Å². The van der Waals surface area contributed by atoms with E-state index >= 15 is 0 Å². The highest BCUT2D eigenvalue weighted by Crippen LogP contribution is 2.14. The average Bonchev–Trinajstić information content (AvgIpc) is 2.56. The number of hydrogen-bond acceptors (Lipinski definition) is 5.